The molecule has 0 N–H and O–H groups in total. The van der Waals surface area contributed by atoms with Crippen LogP contribution in [0.1, 0.15) is 57.0 Å². The molecular formula is C32H40BFN4O. The van der Waals surface area contributed by atoms with Crippen molar-refractivity contribution in [2.75, 3.05) is 13.1 Å². The summed E-state index contributed by atoms with van der Waals surface area (Å²) >= 11 is 0. The minimum absolute atomic E-state index is 0.0797. The molecule has 0 bridgehead atoms. The van der Waals surface area contributed by atoms with Gasteiger partial charge in [0.05, 0.1) is 11.4 Å². The predicted molar refractivity (Wildman–Crippen MR) is 160 cm³/mol. The molecule has 2 aliphatic rings. The Balaban J connectivity index is 1.61. The summed E-state index contributed by atoms with van der Waals surface area (Å²) in [4.78, 5) is 30.5. The molecule has 1 amide bonds. The van der Waals surface area contributed by atoms with Gasteiger partial charge in [0.25, 0.3) is 5.91 Å². The second kappa shape index (κ2) is 13.1. The predicted octanol–water partition coefficient (Wildman–Crippen LogP) is 6.38. The molecule has 0 spiro atoms. The van der Waals surface area contributed by atoms with E-state index >= 15 is 0 Å². The molecule has 5 nitrogen and oxygen atoms in total. The van der Waals surface area contributed by atoms with Crippen LogP contribution in [0, 0.1) is 25.7 Å². The number of likely N-dealkylation sites (tertiary alicyclic amines) is 1. The van der Waals surface area contributed by atoms with Crippen molar-refractivity contribution in [1.29, 1.82) is 0 Å². The van der Waals surface area contributed by atoms with E-state index in [9.17, 15) is 9.18 Å². The molecule has 0 radical (unpaired) electrons. The highest BCUT2D eigenvalue weighted by molar-refractivity contribution is 6.72. The van der Waals surface area contributed by atoms with Gasteiger partial charge in [0.1, 0.15) is 5.83 Å². The van der Waals surface area contributed by atoms with E-state index in [1.165, 1.54) is 12.2 Å². The molecule has 7 heteroatoms. The van der Waals surface area contributed by atoms with E-state index in [4.69, 9.17) is 15.0 Å². The number of hydrogen-bond donors (Lipinski definition) is 0. The van der Waals surface area contributed by atoms with Gasteiger partial charge in [0.2, 0.25) is 6.71 Å². The van der Waals surface area contributed by atoms with Crippen molar-refractivity contribution in [3.8, 4) is 0 Å². The first-order valence-corrected chi connectivity index (χ1v) is 14.2. The lowest BCUT2D eigenvalue weighted by Crippen LogP contribution is -2.37. The van der Waals surface area contributed by atoms with E-state index < -0.39 is 0 Å². The van der Waals surface area contributed by atoms with Crippen molar-refractivity contribution >= 4 is 29.8 Å². The number of unbranched alkanes of at least 4 members (excludes halogenated alkanes) is 1. The standard InChI is InChI=1S/C32H40BFN4O/c1-6-8-14-29(30(25-12-10-9-11-13-25)35-22(3)15-16-28(34)7-2)31(39)38-20-26-18-33(19-27(26)21-38)32-36-23(4)17-24(5)37-32/h7,9-13,15-17,26-27H,6,8,14,18-21H2,1-5H3/b16-15-,28-7+,30-29+,35-22+. The third kappa shape index (κ3) is 7.20. The van der Waals surface area contributed by atoms with Gasteiger partial charge in [-0.25, -0.2) is 14.4 Å². The monoisotopic (exact) mass is 526 g/mol. The number of allylic oxidation sites excluding steroid dienone is 4. The molecule has 2 fully saturated rings. The second-order valence-electron chi connectivity index (χ2n) is 11.0. The van der Waals surface area contributed by atoms with Crippen LogP contribution in [0.3, 0.4) is 0 Å². The maximum Gasteiger partial charge on any atom is 0.251 e. The van der Waals surface area contributed by atoms with E-state index in [-0.39, 0.29) is 11.7 Å². The van der Waals surface area contributed by atoms with E-state index in [1.54, 1.807) is 13.0 Å². The summed E-state index contributed by atoms with van der Waals surface area (Å²) in [5, 5.41) is 0. The summed E-state index contributed by atoms with van der Waals surface area (Å²) < 4.78 is 13.7. The summed E-state index contributed by atoms with van der Waals surface area (Å²) in [6, 6.07) is 11.9. The quantitative estimate of drug-likeness (QED) is 0.165. The van der Waals surface area contributed by atoms with Gasteiger partial charge in [-0.1, -0.05) is 62.4 Å². The van der Waals surface area contributed by atoms with Crippen LogP contribution < -0.4 is 5.72 Å². The molecule has 4 rings (SSSR count). The molecule has 2 saturated heterocycles. The summed E-state index contributed by atoms with van der Waals surface area (Å²) in [7, 11) is 0. The Morgan fingerprint density at radius 2 is 1.74 bits per heavy atom. The van der Waals surface area contributed by atoms with E-state index in [0.29, 0.717) is 36.4 Å². The lowest BCUT2D eigenvalue weighted by Gasteiger charge is -2.22. The number of carbonyl (C=O) groups is 1. The van der Waals surface area contributed by atoms with Gasteiger partial charge in [-0.05, 0) is 70.6 Å². The minimum Gasteiger partial charge on any atom is -0.338 e. The summed E-state index contributed by atoms with van der Waals surface area (Å²) in [5.74, 6) is 0.696. The lowest BCUT2D eigenvalue weighted by atomic mass is 9.46. The van der Waals surface area contributed by atoms with Crippen LogP contribution in [0.5, 0.6) is 0 Å². The molecule has 39 heavy (non-hydrogen) atoms. The smallest absolute Gasteiger partial charge is 0.251 e. The Morgan fingerprint density at radius 1 is 1.10 bits per heavy atom. The maximum absolute atomic E-state index is 14.1. The van der Waals surface area contributed by atoms with Gasteiger partial charge in [0, 0.05) is 41.3 Å². The lowest BCUT2D eigenvalue weighted by molar-refractivity contribution is -0.126. The zero-order valence-corrected chi connectivity index (χ0v) is 24.0. The fourth-order valence-corrected chi connectivity index (χ4v) is 5.90. The van der Waals surface area contributed by atoms with E-state index in [1.807, 2.05) is 62.1 Å². The Morgan fingerprint density at radius 3 is 2.33 bits per heavy atom. The SMILES string of the molecule is C\C=C(F)/C=C\C(C)=N\C(=C(/CCCC)C(=O)N1CC2CB(c3nc(C)cc(C)n3)CC2C1)c1ccccc1. The molecule has 2 aliphatic heterocycles. The van der Waals surface area contributed by atoms with Crippen LogP contribution in [0.4, 0.5) is 4.39 Å². The average Bonchev–Trinajstić information content (AvgIpc) is 3.51. The Hall–Kier alpha value is -3.35. The highest BCUT2D eigenvalue weighted by atomic mass is 19.1. The van der Waals surface area contributed by atoms with Gasteiger partial charge in [0.15, 0.2) is 0 Å². The van der Waals surface area contributed by atoms with Crippen LogP contribution in [0.25, 0.3) is 5.70 Å². The first-order chi connectivity index (χ1) is 18.8. The number of aliphatic imine (C=N–C) groups is 1. The Bertz CT molecular complexity index is 1270. The molecule has 1 aromatic carbocycles. The minimum atomic E-state index is -0.315. The topological polar surface area (TPSA) is 58.5 Å². The Kier molecular flexibility index (Phi) is 9.66. The normalized spacial score (nSPS) is 20.6. The van der Waals surface area contributed by atoms with Crippen LogP contribution >= 0.6 is 0 Å². The van der Waals surface area contributed by atoms with Crippen LogP contribution in [-0.2, 0) is 4.79 Å². The molecular weight excluding hydrogens is 486 g/mol. The summed E-state index contributed by atoms with van der Waals surface area (Å²) in [5.41, 5.74) is 5.99. The third-order valence-corrected chi connectivity index (χ3v) is 7.82. The number of fused-ring (bicyclic) bond motifs is 1. The van der Waals surface area contributed by atoms with Gasteiger partial charge in [-0.2, -0.15) is 0 Å². The molecule has 0 saturated carbocycles. The molecule has 204 valence electrons. The number of carbonyl (C=O) groups excluding carboxylic acids is 1. The number of aryl methyl sites for hydroxylation is 2. The first-order valence-electron chi connectivity index (χ1n) is 14.2. The van der Waals surface area contributed by atoms with Crippen molar-refractivity contribution < 1.29 is 9.18 Å². The molecule has 2 atom stereocenters. The van der Waals surface area contributed by atoms with Crippen LogP contribution in [-0.4, -0.2) is 46.3 Å². The zero-order chi connectivity index (χ0) is 27.9. The Labute approximate surface area is 233 Å². The number of amides is 1. The van der Waals surface area contributed by atoms with Gasteiger partial charge in [-0.3, -0.25) is 9.79 Å². The van der Waals surface area contributed by atoms with Crippen molar-refractivity contribution in [3.63, 3.8) is 0 Å². The largest absolute Gasteiger partial charge is 0.338 e. The molecule has 0 aliphatic carbocycles. The summed E-state index contributed by atoms with van der Waals surface area (Å²) in [6.07, 6.45) is 9.08. The maximum atomic E-state index is 14.1. The van der Waals surface area contributed by atoms with Gasteiger partial charge < -0.3 is 4.90 Å². The van der Waals surface area contributed by atoms with Gasteiger partial charge in [-0.15, -0.1) is 0 Å². The van der Waals surface area contributed by atoms with Crippen LogP contribution in [0.15, 0.2) is 71.0 Å². The van der Waals surface area contributed by atoms with Crippen molar-refractivity contribution in [2.24, 2.45) is 16.8 Å². The second-order valence-corrected chi connectivity index (χ2v) is 11.0. The fraction of sp³-hybridized carbons (Fsp3) is 0.438. The zero-order valence-electron chi connectivity index (χ0n) is 24.0. The molecule has 2 unspecified atom stereocenters. The molecule has 3 heterocycles. The number of nitrogens with zero attached hydrogens (tertiary/aromatic N) is 4. The van der Waals surface area contributed by atoms with E-state index in [0.717, 1.165) is 66.8 Å². The molecule has 2 aromatic rings. The van der Waals surface area contributed by atoms with Crippen molar-refractivity contribution in [3.05, 3.63) is 83.0 Å². The van der Waals surface area contributed by atoms with Gasteiger partial charge >= 0.3 is 0 Å². The van der Waals surface area contributed by atoms with E-state index in [2.05, 4.69) is 6.92 Å². The number of rotatable bonds is 9. The van der Waals surface area contributed by atoms with Crippen LogP contribution in [0.2, 0.25) is 12.6 Å². The summed E-state index contributed by atoms with van der Waals surface area (Å²) in [6.45, 7) is 11.6. The fourth-order valence-electron chi connectivity index (χ4n) is 5.90. The highest BCUT2D eigenvalue weighted by Gasteiger charge is 2.45. The first kappa shape index (κ1) is 28.7. The molecule has 1 aromatic heterocycles. The average molecular weight is 527 g/mol. The highest BCUT2D eigenvalue weighted by Crippen LogP contribution is 2.40. The van der Waals surface area contributed by atoms with Crippen molar-refractivity contribution in [1.82, 2.24) is 14.9 Å². The third-order valence-electron chi connectivity index (χ3n) is 7.82. The van der Waals surface area contributed by atoms with Crippen molar-refractivity contribution in [2.45, 2.75) is 66.5 Å². The number of aromatic nitrogens is 2. The number of halogens is 1. The number of hydrogen-bond acceptors (Lipinski definition) is 4. The number of benzene rings is 1.